The van der Waals surface area contributed by atoms with Crippen LogP contribution in [-0.2, 0) is 17.6 Å². The highest BCUT2D eigenvalue weighted by molar-refractivity contribution is 7.10. The molecule has 5 rings (SSSR count). The van der Waals surface area contributed by atoms with Gasteiger partial charge >= 0.3 is 0 Å². The minimum Gasteiger partial charge on any atom is -0.461 e. The molecule has 0 saturated heterocycles. The molecule has 1 aliphatic rings. The quantitative estimate of drug-likeness (QED) is 0.387. The summed E-state index contributed by atoms with van der Waals surface area (Å²) in [6.45, 7) is 0.780. The summed E-state index contributed by atoms with van der Waals surface area (Å²) in [5.41, 5.74) is 2.35. The van der Waals surface area contributed by atoms with Crippen LogP contribution in [0.4, 0.5) is 0 Å². The third kappa shape index (κ3) is 3.68. The Kier molecular flexibility index (Phi) is 5.08. The van der Waals surface area contributed by atoms with Crippen LogP contribution in [0.5, 0.6) is 0 Å². The molecule has 146 valence electrons. The molecule has 1 atom stereocenters. The summed E-state index contributed by atoms with van der Waals surface area (Å²) in [5.74, 6) is 1.90. The smallest absolute Gasteiger partial charge is 0.223 e. The SMILES string of the molecule is O=C(CCc1ccc(-c2ccccc2)o1)N1CCc2sccc2C1c1cccs1. The summed E-state index contributed by atoms with van der Waals surface area (Å²) in [6, 6.07) is 20.5. The number of carbonyl (C=O) groups is 1. The average Bonchev–Trinajstić information content (AvgIpc) is 3.53. The molecule has 1 aromatic carbocycles. The topological polar surface area (TPSA) is 33.5 Å². The van der Waals surface area contributed by atoms with E-state index in [1.165, 1.54) is 15.3 Å². The second kappa shape index (κ2) is 8.01. The largest absolute Gasteiger partial charge is 0.461 e. The molecule has 3 aromatic heterocycles. The molecule has 0 aliphatic carbocycles. The second-order valence-corrected chi connectivity index (χ2v) is 9.17. The van der Waals surface area contributed by atoms with E-state index in [9.17, 15) is 4.79 Å². The molecule has 4 heterocycles. The molecule has 3 nitrogen and oxygen atoms in total. The van der Waals surface area contributed by atoms with Crippen molar-refractivity contribution in [3.05, 3.63) is 92.5 Å². The fourth-order valence-electron chi connectivity index (χ4n) is 3.98. The van der Waals surface area contributed by atoms with Gasteiger partial charge in [0.05, 0.1) is 6.04 Å². The van der Waals surface area contributed by atoms with Gasteiger partial charge in [-0.3, -0.25) is 4.79 Å². The van der Waals surface area contributed by atoms with Crippen LogP contribution >= 0.6 is 22.7 Å². The van der Waals surface area contributed by atoms with Crippen molar-refractivity contribution >= 4 is 28.6 Å². The van der Waals surface area contributed by atoms with Gasteiger partial charge in [-0.1, -0.05) is 36.4 Å². The zero-order chi connectivity index (χ0) is 19.6. The second-order valence-electron chi connectivity index (χ2n) is 7.19. The molecule has 5 heteroatoms. The molecule has 0 fully saturated rings. The first-order valence-electron chi connectivity index (χ1n) is 9.83. The van der Waals surface area contributed by atoms with Gasteiger partial charge in [0.2, 0.25) is 5.91 Å². The summed E-state index contributed by atoms with van der Waals surface area (Å²) >= 11 is 3.53. The van der Waals surface area contributed by atoms with Gasteiger partial charge in [-0.25, -0.2) is 0 Å². The molecule has 0 saturated carbocycles. The van der Waals surface area contributed by atoms with Crippen molar-refractivity contribution in [2.75, 3.05) is 6.54 Å². The number of rotatable bonds is 5. The van der Waals surface area contributed by atoms with Crippen molar-refractivity contribution in [1.29, 1.82) is 0 Å². The lowest BCUT2D eigenvalue weighted by molar-refractivity contribution is -0.133. The Hall–Kier alpha value is -2.63. The number of carbonyl (C=O) groups excluding carboxylic acids is 1. The van der Waals surface area contributed by atoms with E-state index in [4.69, 9.17) is 4.42 Å². The van der Waals surface area contributed by atoms with E-state index < -0.39 is 0 Å². The number of aryl methyl sites for hydroxylation is 1. The van der Waals surface area contributed by atoms with Gasteiger partial charge in [0, 0.05) is 34.7 Å². The monoisotopic (exact) mass is 419 g/mol. The van der Waals surface area contributed by atoms with Crippen molar-refractivity contribution in [3.63, 3.8) is 0 Å². The first-order valence-corrected chi connectivity index (χ1v) is 11.6. The van der Waals surface area contributed by atoms with Gasteiger partial charge in [0.25, 0.3) is 0 Å². The predicted octanol–water partition coefficient (Wildman–Crippen LogP) is 6.18. The minimum absolute atomic E-state index is 0.0500. The zero-order valence-electron chi connectivity index (χ0n) is 15.9. The van der Waals surface area contributed by atoms with Gasteiger partial charge in [-0.2, -0.15) is 0 Å². The normalized spacial score (nSPS) is 16.0. The molecular weight excluding hydrogens is 398 g/mol. The van der Waals surface area contributed by atoms with E-state index in [2.05, 4.69) is 33.9 Å². The maximum Gasteiger partial charge on any atom is 0.223 e. The zero-order valence-corrected chi connectivity index (χ0v) is 17.5. The van der Waals surface area contributed by atoms with Gasteiger partial charge in [-0.05, 0) is 47.0 Å². The molecule has 1 amide bonds. The van der Waals surface area contributed by atoms with Crippen LogP contribution in [-0.4, -0.2) is 17.4 Å². The highest BCUT2D eigenvalue weighted by Crippen LogP contribution is 2.39. The summed E-state index contributed by atoms with van der Waals surface area (Å²) in [4.78, 5) is 17.9. The Labute approximate surface area is 178 Å². The number of nitrogens with zero attached hydrogens (tertiary/aromatic N) is 1. The standard InChI is InChI=1S/C24H21NO2S2/c26-23(11-9-18-8-10-20(27-18)17-5-2-1-3-6-17)25-14-12-21-19(13-16-29-21)24(25)22-7-4-15-28-22/h1-8,10,13,15-16,24H,9,11-12,14H2. The number of amides is 1. The van der Waals surface area contributed by atoms with Crippen LogP contribution in [0.2, 0.25) is 0 Å². The van der Waals surface area contributed by atoms with Crippen molar-refractivity contribution < 1.29 is 9.21 Å². The van der Waals surface area contributed by atoms with E-state index in [-0.39, 0.29) is 11.9 Å². The van der Waals surface area contributed by atoms with E-state index >= 15 is 0 Å². The number of hydrogen-bond acceptors (Lipinski definition) is 4. The Morgan fingerprint density at radius 1 is 1.00 bits per heavy atom. The molecule has 4 aromatic rings. The number of benzene rings is 1. The molecule has 0 spiro atoms. The van der Waals surface area contributed by atoms with Crippen molar-refractivity contribution in [3.8, 4) is 11.3 Å². The molecule has 1 aliphatic heterocycles. The minimum atomic E-state index is 0.0500. The molecule has 1 unspecified atom stereocenters. The Bertz CT molecular complexity index is 1100. The Morgan fingerprint density at radius 2 is 1.90 bits per heavy atom. The van der Waals surface area contributed by atoms with Crippen LogP contribution in [0.1, 0.15) is 33.5 Å². The number of furan rings is 1. The summed E-state index contributed by atoms with van der Waals surface area (Å²) in [6.07, 6.45) is 2.03. The first kappa shape index (κ1) is 18.4. The fraction of sp³-hybridized carbons (Fsp3) is 0.208. The Balaban J connectivity index is 1.31. The van der Waals surface area contributed by atoms with Crippen LogP contribution < -0.4 is 0 Å². The lowest BCUT2D eigenvalue weighted by Gasteiger charge is -2.35. The average molecular weight is 420 g/mol. The van der Waals surface area contributed by atoms with Crippen molar-refractivity contribution in [1.82, 2.24) is 4.90 Å². The summed E-state index contributed by atoms with van der Waals surface area (Å²) < 4.78 is 5.98. The third-order valence-corrected chi connectivity index (χ3v) is 7.33. The summed E-state index contributed by atoms with van der Waals surface area (Å²) in [7, 11) is 0. The predicted molar refractivity (Wildman–Crippen MR) is 118 cm³/mol. The highest BCUT2D eigenvalue weighted by Gasteiger charge is 2.33. The molecule has 0 bridgehead atoms. The van der Waals surface area contributed by atoms with E-state index in [0.29, 0.717) is 12.8 Å². The lowest BCUT2D eigenvalue weighted by Crippen LogP contribution is -2.39. The van der Waals surface area contributed by atoms with Gasteiger partial charge in [0.1, 0.15) is 11.5 Å². The van der Waals surface area contributed by atoms with Crippen LogP contribution in [0.25, 0.3) is 11.3 Å². The van der Waals surface area contributed by atoms with Crippen LogP contribution in [0.15, 0.2) is 75.8 Å². The van der Waals surface area contributed by atoms with E-state index in [0.717, 1.165) is 30.0 Å². The molecule has 0 radical (unpaired) electrons. The number of hydrogen-bond donors (Lipinski definition) is 0. The fourth-order valence-corrected chi connectivity index (χ4v) is 5.74. The van der Waals surface area contributed by atoms with E-state index in [1.54, 1.807) is 22.7 Å². The highest BCUT2D eigenvalue weighted by atomic mass is 32.1. The lowest BCUT2D eigenvalue weighted by atomic mass is 9.98. The summed E-state index contributed by atoms with van der Waals surface area (Å²) in [5, 5.41) is 4.24. The number of thiophene rings is 2. The van der Waals surface area contributed by atoms with E-state index in [1.807, 2.05) is 42.5 Å². The number of fused-ring (bicyclic) bond motifs is 1. The molecule has 0 N–H and O–H groups in total. The van der Waals surface area contributed by atoms with Gasteiger partial charge < -0.3 is 9.32 Å². The molecule has 29 heavy (non-hydrogen) atoms. The first-order chi connectivity index (χ1) is 14.3. The van der Waals surface area contributed by atoms with Crippen molar-refractivity contribution in [2.24, 2.45) is 0 Å². The maximum absolute atomic E-state index is 13.2. The van der Waals surface area contributed by atoms with Gasteiger partial charge in [-0.15, -0.1) is 22.7 Å². The Morgan fingerprint density at radius 3 is 2.72 bits per heavy atom. The van der Waals surface area contributed by atoms with Gasteiger partial charge in [0.15, 0.2) is 0 Å². The van der Waals surface area contributed by atoms with Crippen LogP contribution in [0, 0.1) is 0 Å². The maximum atomic E-state index is 13.2. The van der Waals surface area contributed by atoms with Crippen molar-refractivity contribution in [2.45, 2.75) is 25.3 Å². The molecular formula is C24H21NO2S2. The van der Waals surface area contributed by atoms with Crippen LogP contribution in [0.3, 0.4) is 0 Å². The third-order valence-electron chi connectivity index (χ3n) is 5.40.